The van der Waals surface area contributed by atoms with E-state index in [1.807, 2.05) is 44.2 Å². The van der Waals surface area contributed by atoms with Crippen molar-refractivity contribution in [3.8, 4) is 28.7 Å². The van der Waals surface area contributed by atoms with Crippen molar-refractivity contribution in [3.63, 3.8) is 0 Å². The van der Waals surface area contributed by atoms with Gasteiger partial charge in [0.15, 0.2) is 17.3 Å². The Balaban J connectivity index is 0.00000155. The summed E-state index contributed by atoms with van der Waals surface area (Å²) in [6.07, 6.45) is -0.0607. The maximum absolute atomic E-state index is 12.6. The lowest BCUT2D eigenvalue weighted by Gasteiger charge is -2.16. The summed E-state index contributed by atoms with van der Waals surface area (Å²) in [5, 5.41) is 30.2. The summed E-state index contributed by atoms with van der Waals surface area (Å²) in [5.74, 6) is -1.18. The van der Waals surface area contributed by atoms with E-state index in [4.69, 9.17) is 9.47 Å². The first-order valence-electron chi connectivity index (χ1n) is 9.60. The molecule has 0 aliphatic carbocycles. The largest absolute Gasteiger partial charge is 0.508 e. The number of carbonyl (C=O) groups is 1. The predicted octanol–water partition coefficient (Wildman–Crippen LogP) is 4.84. The highest BCUT2D eigenvalue weighted by Gasteiger charge is 2.24. The molecule has 0 amide bonds. The molecule has 3 rings (SSSR count). The van der Waals surface area contributed by atoms with Crippen LogP contribution in [0, 0.1) is 0 Å². The number of rotatable bonds is 7. The molecule has 0 spiro atoms. The molecule has 0 aromatic heterocycles. The van der Waals surface area contributed by atoms with Gasteiger partial charge >= 0.3 is 0 Å². The van der Waals surface area contributed by atoms with Crippen molar-refractivity contribution in [2.75, 3.05) is 7.11 Å². The molecule has 0 fully saturated rings. The van der Waals surface area contributed by atoms with Gasteiger partial charge in [0.1, 0.15) is 23.7 Å². The minimum atomic E-state index is -0.492. The lowest BCUT2D eigenvalue weighted by atomic mass is 10.0. The van der Waals surface area contributed by atoms with Crippen molar-refractivity contribution in [3.05, 3.63) is 77.4 Å². The number of ether oxygens (including phenoxy) is 2. The van der Waals surface area contributed by atoms with E-state index in [0.29, 0.717) is 5.56 Å². The van der Waals surface area contributed by atoms with Gasteiger partial charge in [0.05, 0.1) is 7.11 Å². The van der Waals surface area contributed by atoms with E-state index in [2.05, 4.69) is 0 Å². The van der Waals surface area contributed by atoms with Crippen LogP contribution in [0.1, 0.15) is 35.3 Å². The number of phenolic OH excluding ortho intramolecular Hbond substituents is 3. The highest BCUT2D eigenvalue weighted by atomic mass is 16.5. The van der Waals surface area contributed by atoms with Gasteiger partial charge in [-0.2, -0.15) is 0 Å². The molecule has 3 N–H and O–H groups in total. The predicted molar refractivity (Wildman–Crippen MR) is 115 cm³/mol. The second kappa shape index (κ2) is 10.8. The van der Waals surface area contributed by atoms with Crippen LogP contribution in [-0.2, 0) is 13.0 Å². The van der Waals surface area contributed by atoms with Crippen LogP contribution >= 0.6 is 0 Å². The summed E-state index contributed by atoms with van der Waals surface area (Å²) in [5.41, 5.74) is 1.29. The van der Waals surface area contributed by atoms with Crippen molar-refractivity contribution in [2.45, 2.75) is 26.9 Å². The number of hydrogen-bond donors (Lipinski definition) is 3. The lowest BCUT2D eigenvalue weighted by molar-refractivity contribution is 0.0986. The van der Waals surface area contributed by atoms with Crippen molar-refractivity contribution in [2.24, 2.45) is 0 Å². The average molecular weight is 410 g/mol. The Kier molecular flexibility index (Phi) is 8.11. The first-order chi connectivity index (χ1) is 14.5. The molecule has 3 aromatic rings. The maximum atomic E-state index is 12.6. The summed E-state index contributed by atoms with van der Waals surface area (Å²) in [6, 6.07) is 16.7. The van der Waals surface area contributed by atoms with Crippen molar-refractivity contribution >= 4 is 5.78 Å². The van der Waals surface area contributed by atoms with Crippen LogP contribution in [0.2, 0.25) is 0 Å². The molecule has 6 nitrogen and oxygen atoms in total. The fraction of sp³-hybridized carbons (Fsp3) is 0.208. The fourth-order valence-corrected chi connectivity index (χ4v) is 2.82. The monoisotopic (exact) mass is 410 g/mol. The normalized spacial score (nSPS) is 9.97. The second-order valence-corrected chi connectivity index (χ2v) is 6.19. The van der Waals surface area contributed by atoms with Gasteiger partial charge in [-0.15, -0.1) is 0 Å². The van der Waals surface area contributed by atoms with Crippen LogP contribution < -0.4 is 9.47 Å². The molecule has 0 aliphatic rings. The van der Waals surface area contributed by atoms with E-state index < -0.39 is 17.3 Å². The third kappa shape index (κ3) is 5.44. The van der Waals surface area contributed by atoms with E-state index in [1.165, 1.54) is 25.3 Å². The van der Waals surface area contributed by atoms with Gasteiger partial charge in [-0.3, -0.25) is 4.79 Å². The molecule has 0 saturated heterocycles. The van der Waals surface area contributed by atoms with E-state index in [9.17, 15) is 20.1 Å². The molecule has 6 heteroatoms. The second-order valence-electron chi connectivity index (χ2n) is 6.19. The topological polar surface area (TPSA) is 96.2 Å². The Morgan fingerprint density at radius 2 is 1.53 bits per heavy atom. The zero-order valence-electron chi connectivity index (χ0n) is 17.3. The first kappa shape index (κ1) is 22.6. The van der Waals surface area contributed by atoms with Gasteiger partial charge in [0.2, 0.25) is 5.75 Å². The van der Waals surface area contributed by atoms with Crippen molar-refractivity contribution in [1.29, 1.82) is 0 Å². The molecular formula is C24H26O6. The lowest BCUT2D eigenvalue weighted by Crippen LogP contribution is -2.06. The number of Topliss-reactive ketones (excluding diaryl/α,β-unsaturated/α-hetero) is 1. The molecule has 158 valence electrons. The maximum Gasteiger partial charge on any atom is 0.204 e. The molecular weight excluding hydrogens is 384 g/mol. The number of benzene rings is 3. The number of aromatic hydroxyl groups is 3. The third-order valence-corrected chi connectivity index (χ3v) is 4.22. The van der Waals surface area contributed by atoms with Crippen molar-refractivity contribution < 1.29 is 29.6 Å². The average Bonchev–Trinajstić information content (AvgIpc) is 2.76. The smallest absolute Gasteiger partial charge is 0.204 e. The van der Waals surface area contributed by atoms with Gasteiger partial charge in [0, 0.05) is 12.5 Å². The van der Waals surface area contributed by atoms with Crippen LogP contribution in [0.3, 0.4) is 0 Å². The zero-order chi connectivity index (χ0) is 22.1. The van der Waals surface area contributed by atoms with Crippen molar-refractivity contribution in [1.82, 2.24) is 0 Å². The van der Waals surface area contributed by atoms with Gasteiger partial charge in [-0.1, -0.05) is 56.3 Å². The van der Waals surface area contributed by atoms with Gasteiger partial charge in [-0.25, -0.2) is 0 Å². The number of methoxy groups -OCH3 is 1. The molecule has 30 heavy (non-hydrogen) atoms. The molecule has 0 bridgehead atoms. The van der Waals surface area contributed by atoms with E-state index in [-0.39, 0.29) is 35.8 Å². The first-order valence-corrected chi connectivity index (χ1v) is 9.60. The number of phenols is 3. The Labute approximate surface area is 176 Å². The standard InChI is InChI=1S/C22H20O6.C2H6/c1-27-22-19(28-13-15-5-3-2-4-6-15)12-18(25)20(21(22)26)17(24)11-14-7-9-16(23)10-8-14;1-2/h2-10,12,23,25-26H,11,13H2,1H3;1-2H3. The molecule has 0 atom stereocenters. The van der Waals surface area contributed by atoms with Crippen LogP contribution in [0.25, 0.3) is 0 Å². The zero-order valence-corrected chi connectivity index (χ0v) is 17.3. The summed E-state index contributed by atoms with van der Waals surface area (Å²) in [4.78, 5) is 12.6. The SMILES string of the molecule is CC.COc1c(OCc2ccccc2)cc(O)c(C(=O)Cc2ccc(O)cc2)c1O. The molecule has 0 radical (unpaired) electrons. The van der Waals surface area contributed by atoms with Crippen LogP contribution in [0.4, 0.5) is 0 Å². The Bertz CT molecular complexity index is 965. The molecule has 3 aromatic carbocycles. The molecule has 0 unspecified atom stereocenters. The summed E-state index contributed by atoms with van der Waals surface area (Å²) < 4.78 is 10.9. The van der Waals surface area contributed by atoms with Gasteiger partial charge in [0.25, 0.3) is 0 Å². The number of hydrogen-bond acceptors (Lipinski definition) is 6. The highest BCUT2D eigenvalue weighted by Crippen LogP contribution is 2.44. The van der Waals surface area contributed by atoms with E-state index in [0.717, 1.165) is 5.56 Å². The van der Waals surface area contributed by atoms with Crippen LogP contribution in [-0.4, -0.2) is 28.2 Å². The summed E-state index contributed by atoms with van der Waals surface area (Å²) in [6.45, 7) is 4.21. The number of carbonyl (C=O) groups excluding carboxylic acids is 1. The van der Waals surface area contributed by atoms with Gasteiger partial charge < -0.3 is 24.8 Å². The quantitative estimate of drug-likeness (QED) is 0.482. The highest BCUT2D eigenvalue weighted by molar-refractivity contribution is 6.03. The molecule has 0 heterocycles. The molecule has 0 saturated carbocycles. The van der Waals surface area contributed by atoms with E-state index >= 15 is 0 Å². The molecule has 0 aliphatic heterocycles. The fourth-order valence-electron chi connectivity index (χ4n) is 2.82. The van der Waals surface area contributed by atoms with Crippen LogP contribution in [0.15, 0.2) is 60.7 Å². The third-order valence-electron chi connectivity index (χ3n) is 4.22. The number of ketones is 1. The minimum Gasteiger partial charge on any atom is -0.508 e. The Morgan fingerprint density at radius 3 is 2.13 bits per heavy atom. The Morgan fingerprint density at radius 1 is 0.900 bits per heavy atom. The summed E-state index contributed by atoms with van der Waals surface area (Å²) in [7, 11) is 1.34. The summed E-state index contributed by atoms with van der Waals surface area (Å²) >= 11 is 0. The minimum absolute atomic E-state index is 0.0252. The van der Waals surface area contributed by atoms with E-state index in [1.54, 1.807) is 12.1 Å². The Hall–Kier alpha value is -3.67. The van der Waals surface area contributed by atoms with Crippen LogP contribution in [0.5, 0.6) is 28.7 Å². The van der Waals surface area contributed by atoms with Gasteiger partial charge in [-0.05, 0) is 23.3 Å².